The lowest BCUT2D eigenvalue weighted by atomic mass is 10.2. The Hall–Kier alpha value is -2.60. The fourth-order valence-corrected chi connectivity index (χ4v) is 1.72. The highest BCUT2D eigenvalue weighted by Crippen LogP contribution is 2.28. The number of carbonyl (C=O) groups is 1. The molecule has 0 unspecified atom stereocenters. The van der Waals surface area contributed by atoms with E-state index in [-0.39, 0.29) is 18.8 Å². The summed E-state index contributed by atoms with van der Waals surface area (Å²) in [6.45, 7) is 0.115. The Morgan fingerprint density at radius 1 is 1.24 bits per heavy atom. The quantitative estimate of drug-likeness (QED) is 0.843. The maximum absolute atomic E-state index is 10.7. The topological polar surface area (TPSA) is 88.9 Å². The molecule has 0 spiro atoms. The zero-order valence-electron chi connectivity index (χ0n) is 11.4. The van der Waals surface area contributed by atoms with Crippen LogP contribution in [0.2, 0.25) is 0 Å². The van der Waals surface area contributed by atoms with Crippen LogP contribution in [-0.2, 0) is 13.2 Å². The normalized spacial score (nSPS) is 10.2. The predicted molar refractivity (Wildman–Crippen MR) is 74.4 cm³/mol. The number of aliphatic hydroxyl groups excluding tert-OH is 1. The molecule has 0 saturated heterocycles. The summed E-state index contributed by atoms with van der Waals surface area (Å²) in [6.07, 6.45) is 1.28. The van der Waals surface area contributed by atoms with Crippen LogP contribution < -0.4 is 9.47 Å². The van der Waals surface area contributed by atoms with Crippen LogP contribution in [0.5, 0.6) is 11.5 Å². The van der Waals surface area contributed by atoms with Gasteiger partial charge in [-0.2, -0.15) is 0 Å². The number of aromatic carboxylic acids is 1. The SMILES string of the molecule is COc1cc(CO)ccc1OCc1ccc(C(=O)O)cn1. The first-order chi connectivity index (χ1) is 10.1. The van der Waals surface area contributed by atoms with Crippen LogP contribution in [0.4, 0.5) is 0 Å². The molecule has 0 aliphatic rings. The van der Waals surface area contributed by atoms with Gasteiger partial charge in [0.15, 0.2) is 11.5 Å². The molecule has 1 aromatic heterocycles. The lowest BCUT2D eigenvalue weighted by molar-refractivity contribution is 0.0696. The number of aliphatic hydroxyl groups is 1. The van der Waals surface area contributed by atoms with Crippen LogP contribution in [0, 0.1) is 0 Å². The van der Waals surface area contributed by atoms with Crippen molar-refractivity contribution in [1.82, 2.24) is 4.98 Å². The van der Waals surface area contributed by atoms with E-state index in [2.05, 4.69) is 4.98 Å². The number of rotatable bonds is 6. The Kier molecular flexibility index (Phi) is 4.73. The second-order valence-electron chi connectivity index (χ2n) is 4.28. The van der Waals surface area contributed by atoms with E-state index in [0.29, 0.717) is 17.2 Å². The molecule has 2 rings (SSSR count). The summed E-state index contributed by atoms with van der Waals surface area (Å²) in [5, 5.41) is 17.9. The van der Waals surface area contributed by atoms with Crippen LogP contribution >= 0.6 is 0 Å². The van der Waals surface area contributed by atoms with Gasteiger partial charge in [-0.05, 0) is 29.8 Å². The molecule has 0 saturated carbocycles. The summed E-state index contributed by atoms with van der Waals surface area (Å²) in [5.41, 5.74) is 1.46. The molecule has 6 nitrogen and oxygen atoms in total. The van der Waals surface area contributed by atoms with Crippen LogP contribution in [0.3, 0.4) is 0 Å². The van der Waals surface area contributed by atoms with Crippen LogP contribution in [0.25, 0.3) is 0 Å². The summed E-state index contributed by atoms with van der Waals surface area (Å²) >= 11 is 0. The summed E-state index contributed by atoms with van der Waals surface area (Å²) < 4.78 is 10.8. The van der Waals surface area contributed by atoms with E-state index in [1.54, 1.807) is 24.3 Å². The average molecular weight is 289 g/mol. The molecule has 1 heterocycles. The van der Waals surface area contributed by atoms with Crippen LogP contribution in [0.15, 0.2) is 36.5 Å². The third kappa shape index (κ3) is 3.70. The van der Waals surface area contributed by atoms with Crippen molar-refractivity contribution in [3.8, 4) is 11.5 Å². The third-order valence-electron chi connectivity index (χ3n) is 2.86. The smallest absolute Gasteiger partial charge is 0.337 e. The zero-order chi connectivity index (χ0) is 15.2. The van der Waals surface area contributed by atoms with Crippen molar-refractivity contribution in [2.24, 2.45) is 0 Å². The first kappa shape index (κ1) is 14.8. The summed E-state index contributed by atoms with van der Waals surface area (Å²) in [4.78, 5) is 14.7. The first-order valence-corrected chi connectivity index (χ1v) is 6.23. The Morgan fingerprint density at radius 3 is 2.62 bits per heavy atom. The van der Waals surface area contributed by atoms with Crippen molar-refractivity contribution >= 4 is 5.97 Å². The summed E-state index contributed by atoms with van der Waals surface area (Å²) in [5.74, 6) is 0.0266. The molecule has 21 heavy (non-hydrogen) atoms. The Bertz CT molecular complexity index is 624. The predicted octanol–water partition coefficient (Wildman–Crippen LogP) is 1.86. The number of ether oxygens (including phenoxy) is 2. The van der Waals surface area contributed by atoms with Gasteiger partial charge < -0.3 is 19.7 Å². The van der Waals surface area contributed by atoms with Gasteiger partial charge >= 0.3 is 5.97 Å². The molecule has 0 aliphatic carbocycles. The number of carboxylic acids is 1. The number of nitrogens with zero attached hydrogens (tertiary/aromatic N) is 1. The number of hydrogen-bond acceptors (Lipinski definition) is 5. The number of methoxy groups -OCH3 is 1. The lowest BCUT2D eigenvalue weighted by Gasteiger charge is -2.11. The van der Waals surface area contributed by atoms with Gasteiger partial charge in [0.1, 0.15) is 6.61 Å². The first-order valence-electron chi connectivity index (χ1n) is 6.23. The molecule has 0 amide bonds. The fraction of sp³-hybridized carbons (Fsp3) is 0.200. The Labute approximate surface area is 121 Å². The van der Waals surface area contributed by atoms with Gasteiger partial charge in [0.05, 0.1) is 25.0 Å². The third-order valence-corrected chi connectivity index (χ3v) is 2.86. The summed E-state index contributed by atoms with van der Waals surface area (Å²) in [7, 11) is 1.52. The minimum absolute atomic E-state index is 0.0746. The van der Waals surface area contributed by atoms with Crippen molar-refractivity contribution in [2.75, 3.05) is 7.11 Å². The molecule has 2 aromatic rings. The minimum atomic E-state index is -1.02. The molecule has 0 atom stereocenters. The maximum Gasteiger partial charge on any atom is 0.337 e. The van der Waals surface area contributed by atoms with Crippen molar-refractivity contribution in [2.45, 2.75) is 13.2 Å². The van der Waals surface area contributed by atoms with E-state index in [1.165, 1.54) is 19.4 Å². The number of carboxylic acid groups (broad SMARTS) is 1. The largest absolute Gasteiger partial charge is 0.493 e. The summed E-state index contributed by atoms with van der Waals surface area (Å²) in [6, 6.07) is 8.20. The van der Waals surface area contributed by atoms with E-state index >= 15 is 0 Å². The molecular weight excluding hydrogens is 274 g/mol. The van der Waals surface area contributed by atoms with Gasteiger partial charge in [-0.25, -0.2) is 4.79 Å². The maximum atomic E-state index is 10.7. The fourth-order valence-electron chi connectivity index (χ4n) is 1.72. The molecule has 6 heteroatoms. The second-order valence-corrected chi connectivity index (χ2v) is 4.28. The standard InChI is InChI=1S/C15H15NO5/c1-20-14-6-10(8-17)2-5-13(14)21-9-12-4-3-11(7-16-12)15(18)19/h2-7,17H,8-9H2,1H3,(H,18,19). The lowest BCUT2D eigenvalue weighted by Crippen LogP contribution is -2.02. The van der Waals surface area contributed by atoms with Gasteiger partial charge in [0, 0.05) is 6.20 Å². The van der Waals surface area contributed by atoms with Crippen molar-refractivity contribution in [1.29, 1.82) is 0 Å². The van der Waals surface area contributed by atoms with Crippen molar-refractivity contribution < 1.29 is 24.5 Å². The molecule has 1 aromatic carbocycles. The minimum Gasteiger partial charge on any atom is -0.493 e. The monoisotopic (exact) mass is 289 g/mol. The van der Waals surface area contributed by atoms with E-state index in [1.807, 2.05) is 0 Å². The van der Waals surface area contributed by atoms with Gasteiger partial charge in [0.2, 0.25) is 0 Å². The highest BCUT2D eigenvalue weighted by Gasteiger charge is 2.07. The molecule has 0 bridgehead atoms. The van der Waals surface area contributed by atoms with Crippen LogP contribution in [-0.4, -0.2) is 28.3 Å². The van der Waals surface area contributed by atoms with Crippen molar-refractivity contribution in [3.63, 3.8) is 0 Å². The molecule has 0 radical (unpaired) electrons. The zero-order valence-corrected chi connectivity index (χ0v) is 11.4. The highest BCUT2D eigenvalue weighted by molar-refractivity contribution is 5.87. The van der Waals surface area contributed by atoms with E-state index in [4.69, 9.17) is 19.7 Å². The van der Waals surface area contributed by atoms with Crippen molar-refractivity contribution in [3.05, 3.63) is 53.3 Å². The Balaban J connectivity index is 2.07. The average Bonchev–Trinajstić information content (AvgIpc) is 2.53. The second kappa shape index (κ2) is 6.71. The van der Waals surface area contributed by atoms with Gasteiger partial charge in [-0.3, -0.25) is 4.98 Å². The number of pyridine rings is 1. The molecule has 2 N–H and O–H groups in total. The van der Waals surface area contributed by atoms with E-state index in [9.17, 15) is 4.79 Å². The van der Waals surface area contributed by atoms with Gasteiger partial charge in [0.25, 0.3) is 0 Å². The number of benzene rings is 1. The number of hydrogen-bond donors (Lipinski definition) is 2. The van der Waals surface area contributed by atoms with Crippen LogP contribution in [0.1, 0.15) is 21.6 Å². The Morgan fingerprint density at radius 2 is 2.05 bits per heavy atom. The molecule has 110 valence electrons. The van der Waals surface area contributed by atoms with E-state index in [0.717, 1.165) is 5.56 Å². The van der Waals surface area contributed by atoms with Gasteiger partial charge in [-0.15, -0.1) is 0 Å². The molecule has 0 aliphatic heterocycles. The van der Waals surface area contributed by atoms with Gasteiger partial charge in [-0.1, -0.05) is 6.07 Å². The highest BCUT2D eigenvalue weighted by atomic mass is 16.5. The molecular formula is C15H15NO5. The molecule has 0 fully saturated rings. The van der Waals surface area contributed by atoms with E-state index < -0.39 is 5.97 Å². The number of aromatic nitrogens is 1.